The maximum absolute atomic E-state index is 13.7. The quantitative estimate of drug-likeness (QED) is 0.867. The van der Waals surface area contributed by atoms with Crippen LogP contribution in [-0.2, 0) is 14.6 Å². The van der Waals surface area contributed by atoms with Gasteiger partial charge in [-0.05, 0) is 18.2 Å². The average molecular weight is 303 g/mol. The Morgan fingerprint density at radius 2 is 1.90 bits per heavy atom. The van der Waals surface area contributed by atoms with Crippen LogP contribution in [0.15, 0.2) is 23.1 Å². The Morgan fingerprint density at radius 1 is 1.30 bits per heavy atom. The highest BCUT2D eigenvalue weighted by atomic mass is 32.2. The molecule has 20 heavy (non-hydrogen) atoms. The molecule has 1 aromatic rings. The van der Waals surface area contributed by atoms with Crippen LogP contribution < -0.4 is 0 Å². The van der Waals surface area contributed by atoms with Gasteiger partial charge in [-0.25, -0.2) is 17.6 Å². The molecule has 0 saturated carbocycles. The number of benzene rings is 1. The van der Waals surface area contributed by atoms with Crippen LogP contribution in [-0.4, -0.2) is 50.1 Å². The monoisotopic (exact) mass is 303 g/mol. The fourth-order valence-corrected chi connectivity index (χ4v) is 2.74. The molecule has 110 valence electrons. The van der Waals surface area contributed by atoms with E-state index in [2.05, 4.69) is 0 Å². The highest BCUT2D eigenvalue weighted by Crippen LogP contribution is 2.18. The lowest BCUT2D eigenvalue weighted by Gasteiger charge is -2.10. The summed E-state index contributed by atoms with van der Waals surface area (Å²) in [4.78, 5) is 22.6. The van der Waals surface area contributed by atoms with Gasteiger partial charge in [-0.2, -0.15) is 0 Å². The largest absolute Gasteiger partial charge is 0.478 e. The summed E-state index contributed by atoms with van der Waals surface area (Å²) in [7, 11) is -1.01. The minimum absolute atomic E-state index is 0.268. The number of rotatable bonds is 5. The van der Waals surface area contributed by atoms with Gasteiger partial charge < -0.3 is 10.0 Å². The number of nitrogens with zero attached hydrogens (tertiary/aromatic N) is 1. The number of carboxylic acid groups (broad SMARTS) is 1. The fourth-order valence-electron chi connectivity index (χ4n) is 1.44. The molecular formula is C12H14FNO5S. The Bertz CT molecular complexity index is 639. The second-order valence-electron chi connectivity index (χ2n) is 4.31. The molecule has 0 aromatic heterocycles. The highest BCUT2D eigenvalue weighted by Gasteiger charge is 2.22. The Hall–Kier alpha value is -1.96. The third-order valence-corrected chi connectivity index (χ3v) is 4.34. The van der Waals surface area contributed by atoms with E-state index in [0.717, 1.165) is 12.1 Å². The molecule has 0 heterocycles. The van der Waals surface area contributed by atoms with Crippen LogP contribution >= 0.6 is 0 Å². The van der Waals surface area contributed by atoms with Gasteiger partial charge in [0.2, 0.25) is 5.91 Å². The molecule has 1 N–H and O–H groups in total. The lowest BCUT2D eigenvalue weighted by Crippen LogP contribution is -2.24. The van der Waals surface area contributed by atoms with E-state index in [1.165, 1.54) is 19.0 Å². The SMILES string of the molecule is CN(C)C(=O)CCS(=O)(=O)c1ccc(C(=O)O)cc1F. The van der Waals surface area contributed by atoms with Gasteiger partial charge in [-0.15, -0.1) is 0 Å². The molecule has 0 saturated heterocycles. The second kappa shape index (κ2) is 6.00. The molecule has 0 fully saturated rings. The second-order valence-corrected chi connectivity index (χ2v) is 6.38. The molecular weight excluding hydrogens is 289 g/mol. The van der Waals surface area contributed by atoms with E-state index < -0.39 is 38.2 Å². The Kier molecular flexibility index (Phi) is 4.83. The summed E-state index contributed by atoms with van der Waals surface area (Å²) >= 11 is 0. The summed E-state index contributed by atoms with van der Waals surface area (Å²) in [5.41, 5.74) is -0.342. The minimum atomic E-state index is -3.98. The van der Waals surface area contributed by atoms with Crippen molar-refractivity contribution in [2.24, 2.45) is 0 Å². The summed E-state index contributed by atoms with van der Waals surface area (Å²) in [5.74, 6) is -3.41. The van der Waals surface area contributed by atoms with Crippen LogP contribution in [0.5, 0.6) is 0 Å². The first-order chi connectivity index (χ1) is 9.15. The van der Waals surface area contributed by atoms with Gasteiger partial charge in [0.1, 0.15) is 10.7 Å². The predicted octanol–water partition coefficient (Wildman–Crippen LogP) is 0.776. The lowest BCUT2D eigenvalue weighted by atomic mass is 10.2. The number of hydrogen-bond acceptors (Lipinski definition) is 4. The van der Waals surface area contributed by atoms with Gasteiger partial charge in [0.25, 0.3) is 0 Å². The summed E-state index contributed by atoms with van der Waals surface area (Å²) in [5, 5.41) is 8.67. The van der Waals surface area contributed by atoms with Gasteiger partial charge in [0.05, 0.1) is 11.3 Å². The summed E-state index contributed by atoms with van der Waals surface area (Å²) in [6.45, 7) is 0. The summed E-state index contributed by atoms with van der Waals surface area (Å²) < 4.78 is 37.5. The zero-order chi connectivity index (χ0) is 15.5. The van der Waals surface area contributed by atoms with Crippen molar-refractivity contribution < 1.29 is 27.5 Å². The van der Waals surface area contributed by atoms with Crippen LogP contribution in [0.25, 0.3) is 0 Å². The van der Waals surface area contributed by atoms with Crippen molar-refractivity contribution in [3.63, 3.8) is 0 Å². The Balaban J connectivity index is 2.99. The van der Waals surface area contributed by atoms with Gasteiger partial charge in [0, 0.05) is 20.5 Å². The molecule has 8 heteroatoms. The van der Waals surface area contributed by atoms with Gasteiger partial charge in [0.15, 0.2) is 9.84 Å². The Morgan fingerprint density at radius 3 is 2.35 bits per heavy atom. The van der Waals surface area contributed by atoms with Gasteiger partial charge in [-0.3, -0.25) is 4.79 Å². The smallest absolute Gasteiger partial charge is 0.335 e. The van der Waals surface area contributed by atoms with Crippen LogP contribution in [0.1, 0.15) is 16.8 Å². The van der Waals surface area contributed by atoms with E-state index in [-0.39, 0.29) is 12.0 Å². The topological polar surface area (TPSA) is 91.8 Å². The zero-order valence-corrected chi connectivity index (χ0v) is 11.8. The first-order valence-corrected chi connectivity index (χ1v) is 7.26. The number of halogens is 1. The molecule has 0 aliphatic carbocycles. The van der Waals surface area contributed by atoms with Crippen molar-refractivity contribution in [3.05, 3.63) is 29.6 Å². The number of sulfone groups is 1. The number of carboxylic acids is 1. The number of aromatic carboxylic acids is 1. The summed E-state index contributed by atoms with van der Waals surface area (Å²) in [6, 6.07) is 2.54. The zero-order valence-electron chi connectivity index (χ0n) is 11.0. The lowest BCUT2D eigenvalue weighted by molar-refractivity contribution is -0.128. The minimum Gasteiger partial charge on any atom is -0.478 e. The molecule has 0 spiro atoms. The normalized spacial score (nSPS) is 11.2. The predicted molar refractivity (Wildman–Crippen MR) is 68.7 cm³/mol. The third-order valence-electron chi connectivity index (χ3n) is 2.60. The fraction of sp³-hybridized carbons (Fsp3) is 0.333. The molecule has 1 amide bonds. The molecule has 0 aliphatic rings. The number of carbonyl (C=O) groups excluding carboxylic acids is 1. The van der Waals surface area contributed by atoms with Crippen molar-refractivity contribution in [1.29, 1.82) is 0 Å². The number of hydrogen-bond donors (Lipinski definition) is 1. The van der Waals surface area contributed by atoms with Crippen LogP contribution in [0.3, 0.4) is 0 Å². The van der Waals surface area contributed by atoms with E-state index in [9.17, 15) is 22.4 Å². The van der Waals surface area contributed by atoms with E-state index >= 15 is 0 Å². The maximum Gasteiger partial charge on any atom is 0.335 e. The first kappa shape index (κ1) is 16.1. The highest BCUT2D eigenvalue weighted by molar-refractivity contribution is 7.91. The van der Waals surface area contributed by atoms with Gasteiger partial charge in [-0.1, -0.05) is 0 Å². The van der Waals surface area contributed by atoms with Crippen molar-refractivity contribution in [3.8, 4) is 0 Å². The maximum atomic E-state index is 13.7. The molecule has 0 atom stereocenters. The van der Waals surface area contributed by atoms with Gasteiger partial charge >= 0.3 is 5.97 Å². The van der Waals surface area contributed by atoms with Crippen molar-refractivity contribution >= 4 is 21.7 Å². The Labute approximate surface area is 115 Å². The van der Waals surface area contributed by atoms with E-state index in [1.54, 1.807) is 0 Å². The van der Waals surface area contributed by atoms with Crippen molar-refractivity contribution in [2.75, 3.05) is 19.8 Å². The molecule has 0 unspecified atom stereocenters. The molecule has 0 bridgehead atoms. The summed E-state index contributed by atoms with van der Waals surface area (Å²) in [6.07, 6.45) is -0.268. The molecule has 0 radical (unpaired) electrons. The molecule has 1 rings (SSSR count). The van der Waals surface area contributed by atoms with Crippen LogP contribution in [0.4, 0.5) is 4.39 Å². The number of amides is 1. The molecule has 1 aromatic carbocycles. The first-order valence-electron chi connectivity index (χ1n) is 5.61. The van der Waals surface area contributed by atoms with E-state index in [4.69, 9.17) is 5.11 Å². The molecule has 0 aliphatic heterocycles. The average Bonchev–Trinajstić information content (AvgIpc) is 2.35. The van der Waals surface area contributed by atoms with E-state index in [0.29, 0.717) is 6.07 Å². The molecule has 6 nitrogen and oxygen atoms in total. The van der Waals surface area contributed by atoms with Crippen LogP contribution in [0, 0.1) is 5.82 Å². The van der Waals surface area contributed by atoms with Crippen molar-refractivity contribution in [1.82, 2.24) is 4.90 Å². The van der Waals surface area contributed by atoms with Crippen LogP contribution in [0.2, 0.25) is 0 Å². The van der Waals surface area contributed by atoms with E-state index in [1.807, 2.05) is 0 Å². The van der Waals surface area contributed by atoms with Crippen molar-refractivity contribution in [2.45, 2.75) is 11.3 Å². The number of carbonyl (C=O) groups is 2. The standard InChI is InChI=1S/C12H14FNO5S/c1-14(2)11(15)5-6-20(18,19)10-4-3-8(12(16)17)7-9(10)13/h3-4,7H,5-6H2,1-2H3,(H,16,17). The third kappa shape index (κ3) is 3.77.